The molecule has 0 amide bonds. The Balaban J connectivity index is 0.984. The molecule has 12 aromatic rings. The summed E-state index contributed by atoms with van der Waals surface area (Å²) >= 11 is 0. The van der Waals surface area contributed by atoms with Crippen LogP contribution in [-0.4, -0.2) is 0 Å². The number of ether oxygens (including phenoxy) is 2. The van der Waals surface area contributed by atoms with Crippen molar-refractivity contribution in [2.24, 2.45) is 0 Å². The molecule has 350 valence electrons. The lowest BCUT2D eigenvalue weighted by atomic mass is 9.65. The molecule has 2 heterocycles. The van der Waals surface area contributed by atoms with Crippen molar-refractivity contribution in [3.63, 3.8) is 0 Å². The minimum Gasteiger partial charge on any atom is -0.457 e. The number of benzene rings is 12. The summed E-state index contributed by atoms with van der Waals surface area (Å²) < 4.78 is 13.6. The van der Waals surface area contributed by atoms with Crippen molar-refractivity contribution < 1.29 is 9.47 Å². The van der Waals surface area contributed by atoms with Crippen LogP contribution in [0.3, 0.4) is 0 Å². The Hall–Kier alpha value is -9.70. The van der Waals surface area contributed by atoms with Gasteiger partial charge in [0, 0.05) is 38.9 Å². The molecule has 3 nitrogen and oxygen atoms in total. The van der Waals surface area contributed by atoms with Crippen LogP contribution in [0.5, 0.6) is 23.0 Å². The predicted octanol–water partition coefficient (Wildman–Crippen LogP) is 18.6. The standard InChI is InChI=1S/C72H45NO2/c1-2-19-46(20-3-1)47-37-39-48(40-38-47)49-41-43-50(44-42-49)73(63-32-18-31-62-69(63)54-24-7-9-26-57(54)71(62)58-27-10-14-33-65(58)74-66-34-15-11-28-59(66)71)64-45-55-51-21-6-8-25-56(51)72(70(55)53-23-5-4-22-52(53)64)60-29-12-16-35-67(60)75-68-36-17-13-30-61(68)72/h1-45H. The van der Waals surface area contributed by atoms with Crippen LogP contribution < -0.4 is 14.4 Å². The van der Waals surface area contributed by atoms with Crippen LogP contribution in [0.4, 0.5) is 17.1 Å². The summed E-state index contributed by atoms with van der Waals surface area (Å²) in [7, 11) is 0. The first-order valence-electron chi connectivity index (χ1n) is 25.9. The molecule has 2 aliphatic carbocycles. The van der Waals surface area contributed by atoms with Crippen LogP contribution in [0.1, 0.15) is 44.5 Å². The second kappa shape index (κ2) is 15.9. The fraction of sp³-hybridized carbons (Fsp3) is 0.0278. The van der Waals surface area contributed by atoms with Crippen molar-refractivity contribution in [1.82, 2.24) is 0 Å². The monoisotopic (exact) mass is 955 g/mol. The molecule has 0 fully saturated rings. The number of fused-ring (bicyclic) bond motifs is 20. The van der Waals surface area contributed by atoms with E-state index in [9.17, 15) is 0 Å². The lowest BCUT2D eigenvalue weighted by Gasteiger charge is -2.40. The maximum absolute atomic E-state index is 6.80. The Morgan fingerprint density at radius 3 is 1.25 bits per heavy atom. The molecule has 2 aliphatic heterocycles. The summed E-state index contributed by atoms with van der Waals surface area (Å²) in [6, 6.07) is 100.0. The largest absolute Gasteiger partial charge is 0.457 e. The van der Waals surface area contributed by atoms with Gasteiger partial charge in [0.2, 0.25) is 0 Å². The third kappa shape index (κ3) is 5.70. The Morgan fingerprint density at radius 1 is 0.267 bits per heavy atom. The van der Waals surface area contributed by atoms with Crippen molar-refractivity contribution in [1.29, 1.82) is 0 Å². The molecule has 12 aromatic carbocycles. The van der Waals surface area contributed by atoms with Crippen molar-refractivity contribution in [3.05, 3.63) is 317 Å². The van der Waals surface area contributed by atoms with E-state index in [0.717, 1.165) is 73.3 Å². The van der Waals surface area contributed by atoms with E-state index in [1.807, 2.05) is 0 Å². The van der Waals surface area contributed by atoms with Gasteiger partial charge >= 0.3 is 0 Å². The van der Waals surface area contributed by atoms with E-state index in [1.165, 1.54) is 66.6 Å². The average Bonchev–Trinajstić information content (AvgIpc) is 3.97. The molecule has 0 aromatic heterocycles. The molecule has 75 heavy (non-hydrogen) atoms. The van der Waals surface area contributed by atoms with Gasteiger partial charge in [-0.15, -0.1) is 0 Å². The lowest BCUT2D eigenvalue weighted by Crippen LogP contribution is -2.32. The molecule has 16 rings (SSSR count). The molecule has 4 aliphatic rings. The zero-order valence-electron chi connectivity index (χ0n) is 40.7. The number of hydrogen-bond donors (Lipinski definition) is 0. The van der Waals surface area contributed by atoms with Crippen molar-refractivity contribution in [3.8, 4) is 67.5 Å². The van der Waals surface area contributed by atoms with Gasteiger partial charge in [-0.3, -0.25) is 0 Å². The fourth-order valence-electron chi connectivity index (χ4n) is 13.7. The topological polar surface area (TPSA) is 21.7 Å². The highest BCUT2D eigenvalue weighted by atomic mass is 16.5. The van der Waals surface area contributed by atoms with E-state index in [2.05, 4.69) is 278 Å². The summed E-state index contributed by atoms with van der Waals surface area (Å²) in [5, 5.41) is 2.36. The highest BCUT2D eigenvalue weighted by molar-refractivity contribution is 6.10. The van der Waals surface area contributed by atoms with Crippen LogP contribution >= 0.6 is 0 Å². The zero-order chi connectivity index (χ0) is 49.2. The molecule has 0 unspecified atom stereocenters. The van der Waals surface area contributed by atoms with Crippen molar-refractivity contribution in [2.75, 3.05) is 4.90 Å². The SMILES string of the molecule is c1ccc(-c2ccc(-c3ccc(N(c4cccc5c4-c4ccccc4C54c5ccccc5Oc5ccccc54)c4cc5c(c6ccccc46)C4(c6ccccc6Oc6ccccc64)c4ccccc4-5)cc3)cc2)cc1. The molecule has 0 bridgehead atoms. The first-order valence-corrected chi connectivity index (χ1v) is 25.9. The Labute approximate surface area is 435 Å². The second-order valence-corrected chi connectivity index (χ2v) is 20.2. The van der Waals surface area contributed by atoms with Crippen LogP contribution in [-0.2, 0) is 10.8 Å². The summed E-state index contributed by atoms with van der Waals surface area (Å²) in [6.07, 6.45) is 0. The molecular formula is C72H45NO2. The van der Waals surface area contributed by atoms with Crippen molar-refractivity contribution >= 4 is 27.8 Å². The Kier molecular flexibility index (Phi) is 8.88. The molecule has 3 heteroatoms. The van der Waals surface area contributed by atoms with Crippen molar-refractivity contribution in [2.45, 2.75) is 10.8 Å². The summed E-state index contributed by atoms with van der Waals surface area (Å²) in [5.41, 5.74) is 21.2. The molecule has 0 radical (unpaired) electrons. The highest BCUT2D eigenvalue weighted by Gasteiger charge is 2.54. The van der Waals surface area contributed by atoms with E-state index in [4.69, 9.17) is 9.47 Å². The average molecular weight is 956 g/mol. The van der Waals surface area contributed by atoms with E-state index < -0.39 is 10.8 Å². The summed E-state index contributed by atoms with van der Waals surface area (Å²) in [5.74, 6) is 3.52. The third-order valence-electron chi connectivity index (χ3n) is 16.6. The van der Waals surface area contributed by atoms with E-state index in [1.54, 1.807) is 0 Å². The molecule has 0 saturated heterocycles. The highest BCUT2D eigenvalue weighted by Crippen LogP contribution is 2.67. The van der Waals surface area contributed by atoms with Gasteiger partial charge in [-0.2, -0.15) is 0 Å². The van der Waals surface area contributed by atoms with Gasteiger partial charge in [0.25, 0.3) is 0 Å². The molecule has 0 saturated carbocycles. The zero-order valence-corrected chi connectivity index (χ0v) is 40.7. The molecular weight excluding hydrogens is 911 g/mol. The predicted molar refractivity (Wildman–Crippen MR) is 304 cm³/mol. The third-order valence-corrected chi connectivity index (χ3v) is 16.6. The normalized spacial score (nSPS) is 14.0. The first kappa shape index (κ1) is 41.9. The van der Waals surface area contributed by atoms with Crippen LogP contribution in [0.15, 0.2) is 273 Å². The maximum Gasteiger partial charge on any atom is 0.132 e. The maximum atomic E-state index is 6.80. The number of nitrogens with zero attached hydrogens (tertiary/aromatic N) is 1. The van der Waals surface area contributed by atoms with Crippen LogP contribution in [0.25, 0.3) is 55.3 Å². The van der Waals surface area contributed by atoms with E-state index >= 15 is 0 Å². The van der Waals surface area contributed by atoms with Gasteiger partial charge in [0.05, 0.1) is 22.2 Å². The van der Waals surface area contributed by atoms with Gasteiger partial charge < -0.3 is 14.4 Å². The Morgan fingerprint density at radius 2 is 0.680 bits per heavy atom. The van der Waals surface area contributed by atoms with E-state index in [0.29, 0.717) is 0 Å². The fourth-order valence-corrected chi connectivity index (χ4v) is 13.7. The summed E-state index contributed by atoms with van der Waals surface area (Å²) in [4.78, 5) is 2.55. The van der Waals surface area contributed by atoms with Crippen LogP contribution in [0, 0.1) is 0 Å². The smallest absolute Gasteiger partial charge is 0.132 e. The van der Waals surface area contributed by atoms with Gasteiger partial charge in [-0.05, 0) is 115 Å². The number of para-hydroxylation sites is 4. The second-order valence-electron chi connectivity index (χ2n) is 20.2. The number of hydrogen-bond acceptors (Lipinski definition) is 3. The minimum atomic E-state index is -0.638. The van der Waals surface area contributed by atoms with Gasteiger partial charge in [0.15, 0.2) is 0 Å². The first-order chi connectivity index (χ1) is 37.2. The quantitative estimate of drug-likeness (QED) is 0.172. The van der Waals surface area contributed by atoms with E-state index in [-0.39, 0.29) is 0 Å². The number of rotatable bonds is 5. The number of anilines is 3. The molecule has 2 spiro atoms. The van der Waals surface area contributed by atoms with Gasteiger partial charge in [0.1, 0.15) is 23.0 Å². The molecule has 0 N–H and O–H groups in total. The van der Waals surface area contributed by atoms with Gasteiger partial charge in [-0.25, -0.2) is 0 Å². The Bertz CT molecular complexity index is 4220. The van der Waals surface area contributed by atoms with Crippen LogP contribution in [0.2, 0.25) is 0 Å². The molecule has 0 atom stereocenters. The lowest BCUT2D eigenvalue weighted by molar-refractivity contribution is 0.436. The summed E-state index contributed by atoms with van der Waals surface area (Å²) in [6.45, 7) is 0. The van der Waals surface area contributed by atoms with Gasteiger partial charge in [-0.1, -0.05) is 224 Å². The minimum absolute atomic E-state index is 0.635.